The zero-order valence-corrected chi connectivity index (χ0v) is 13.8. The molecular weight excluding hydrogens is 330 g/mol. The van der Waals surface area contributed by atoms with Crippen molar-refractivity contribution in [3.8, 4) is 0 Å². The molecule has 1 unspecified atom stereocenters. The first-order valence-corrected chi connectivity index (χ1v) is 7.85. The molecule has 6 nitrogen and oxygen atoms in total. The number of rotatable bonds is 3. The minimum Gasteiger partial charge on any atom is -0.351 e. The van der Waals surface area contributed by atoms with Crippen molar-refractivity contribution in [1.82, 2.24) is 10.2 Å². The van der Waals surface area contributed by atoms with Crippen molar-refractivity contribution >= 4 is 35.0 Å². The highest BCUT2D eigenvalue weighted by atomic mass is 35.5. The summed E-state index contributed by atoms with van der Waals surface area (Å²) in [5, 5.41) is 6.04. The standard InChI is InChI=1S/C17H16ClN3O3/c1-9-3-5-11(7-12(9)18)20-13-8-15(22)21(17(13)24)14-6-4-10(2)19-16(14)23/h3,5,7-8,14,20H,2,4,6H2,1H3,(H,19,23). The highest BCUT2D eigenvalue weighted by molar-refractivity contribution is 6.31. The number of carbonyl (C=O) groups is 3. The molecule has 0 aromatic heterocycles. The quantitative estimate of drug-likeness (QED) is 0.822. The Bertz CT molecular complexity index is 800. The number of benzene rings is 1. The lowest BCUT2D eigenvalue weighted by molar-refractivity contribution is -0.146. The summed E-state index contributed by atoms with van der Waals surface area (Å²) in [5.74, 6) is -1.42. The summed E-state index contributed by atoms with van der Waals surface area (Å²) in [7, 11) is 0. The minimum absolute atomic E-state index is 0.122. The van der Waals surface area contributed by atoms with Crippen LogP contribution in [0, 0.1) is 6.92 Å². The van der Waals surface area contributed by atoms with E-state index in [9.17, 15) is 14.4 Å². The average molecular weight is 346 g/mol. The van der Waals surface area contributed by atoms with Gasteiger partial charge in [-0.1, -0.05) is 24.2 Å². The summed E-state index contributed by atoms with van der Waals surface area (Å²) in [5.41, 5.74) is 2.22. The SMILES string of the molecule is C=C1CCC(N2C(=O)C=C(Nc3ccc(C)c(Cl)c3)C2=O)C(=O)N1. The van der Waals surface area contributed by atoms with Crippen LogP contribution >= 0.6 is 11.6 Å². The van der Waals surface area contributed by atoms with Gasteiger partial charge in [0.1, 0.15) is 11.7 Å². The number of halogens is 1. The lowest BCUT2D eigenvalue weighted by Gasteiger charge is -2.29. The first-order valence-electron chi connectivity index (χ1n) is 7.48. The van der Waals surface area contributed by atoms with E-state index in [1.807, 2.05) is 13.0 Å². The van der Waals surface area contributed by atoms with E-state index in [2.05, 4.69) is 17.2 Å². The highest BCUT2D eigenvalue weighted by Gasteiger charge is 2.41. The largest absolute Gasteiger partial charge is 0.351 e. The molecular formula is C17H16ClN3O3. The molecule has 0 radical (unpaired) electrons. The summed E-state index contributed by atoms with van der Waals surface area (Å²) in [6.45, 7) is 5.56. The van der Waals surface area contributed by atoms with Crippen molar-refractivity contribution in [3.63, 3.8) is 0 Å². The Kier molecular flexibility index (Phi) is 4.15. The van der Waals surface area contributed by atoms with Gasteiger partial charge in [0, 0.05) is 22.5 Å². The second-order valence-electron chi connectivity index (χ2n) is 5.81. The molecule has 0 bridgehead atoms. The Morgan fingerprint density at radius 2 is 2.08 bits per heavy atom. The third-order valence-corrected chi connectivity index (χ3v) is 4.45. The third kappa shape index (κ3) is 2.92. The second-order valence-corrected chi connectivity index (χ2v) is 6.21. The third-order valence-electron chi connectivity index (χ3n) is 4.04. The smallest absolute Gasteiger partial charge is 0.278 e. The van der Waals surface area contributed by atoms with Crippen LogP contribution in [0.5, 0.6) is 0 Å². The van der Waals surface area contributed by atoms with Gasteiger partial charge in [0.05, 0.1) is 0 Å². The van der Waals surface area contributed by atoms with Gasteiger partial charge in [-0.2, -0.15) is 0 Å². The number of imide groups is 1. The summed E-state index contributed by atoms with van der Waals surface area (Å²) in [6, 6.07) is 4.44. The number of hydrogen-bond donors (Lipinski definition) is 2. The van der Waals surface area contributed by atoms with Gasteiger partial charge in [0.25, 0.3) is 11.8 Å². The molecule has 0 spiro atoms. The van der Waals surface area contributed by atoms with E-state index in [1.54, 1.807) is 12.1 Å². The molecule has 1 aromatic carbocycles. The molecule has 2 N–H and O–H groups in total. The fraction of sp³-hybridized carbons (Fsp3) is 0.235. The lowest BCUT2D eigenvalue weighted by atomic mass is 10.0. The van der Waals surface area contributed by atoms with Crippen molar-refractivity contribution in [1.29, 1.82) is 0 Å². The number of nitrogens with one attached hydrogen (secondary N) is 2. The number of hydrogen-bond acceptors (Lipinski definition) is 4. The Hall–Kier alpha value is -2.60. The van der Waals surface area contributed by atoms with Crippen LogP contribution in [0.25, 0.3) is 0 Å². The molecule has 24 heavy (non-hydrogen) atoms. The number of nitrogens with zero attached hydrogens (tertiary/aromatic N) is 1. The van der Waals surface area contributed by atoms with E-state index in [1.165, 1.54) is 6.08 Å². The van der Waals surface area contributed by atoms with Gasteiger partial charge in [-0.05, 0) is 37.5 Å². The van der Waals surface area contributed by atoms with E-state index in [-0.39, 0.29) is 11.6 Å². The van der Waals surface area contributed by atoms with Gasteiger partial charge in [-0.3, -0.25) is 19.3 Å². The van der Waals surface area contributed by atoms with Gasteiger partial charge in [-0.25, -0.2) is 0 Å². The van der Waals surface area contributed by atoms with Crippen LogP contribution < -0.4 is 10.6 Å². The first kappa shape index (κ1) is 16.3. The van der Waals surface area contributed by atoms with Crippen molar-refractivity contribution < 1.29 is 14.4 Å². The van der Waals surface area contributed by atoms with Gasteiger partial charge < -0.3 is 10.6 Å². The number of allylic oxidation sites excluding steroid dienone is 1. The van der Waals surface area contributed by atoms with E-state index >= 15 is 0 Å². The zero-order valence-electron chi connectivity index (χ0n) is 13.1. The van der Waals surface area contributed by atoms with Gasteiger partial charge in [0.15, 0.2) is 0 Å². The Morgan fingerprint density at radius 1 is 1.33 bits per heavy atom. The lowest BCUT2D eigenvalue weighted by Crippen LogP contribution is -2.52. The predicted molar refractivity (Wildman–Crippen MR) is 90.1 cm³/mol. The molecule has 2 aliphatic rings. The van der Waals surface area contributed by atoms with Crippen molar-refractivity contribution in [2.45, 2.75) is 25.8 Å². The fourth-order valence-corrected chi connectivity index (χ4v) is 2.88. The van der Waals surface area contributed by atoms with E-state index in [0.717, 1.165) is 10.5 Å². The number of aryl methyl sites for hydroxylation is 1. The molecule has 2 aliphatic heterocycles. The average Bonchev–Trinajstić information content (AvgIpc) is 2.78. The normalized spacial score (nSPS) is 21.0. The summed E-state index contributed by atoms with van der Waals surface area (Å²) in [6.07, 6.45) is 2.11. The minimum atomic E-state index is -0.812. The van der Waals surface area contributed by atoms with Crippen LogP contribution in [-0.4, -0.2) is 28.7 Å². The van der Waals surface area contributed by atoms with E-state index in [0.29, 0.717) is 29.2 Å². The zero-order chi connectivity index (χ0) is 17.4. The molecule has 0 aliphatic carbocycles. The Balaban J connectivity index is 1.78. The predicted octanol–water partition coefficient (Wildman–Crippen LogP) is 2.11. The van der Waals surface area contributed by atoms with Crippen LogP contribution in [0.2, 0.25) is 5.02 Å². The molecule has 0 saturated carbocycles. The Labute approximate surface area is 144 Å². The van der Waals surface area contributed by atoms with Gasteiger partial charge in [0.2, 0.25) is 5.91 Å². The monoisotopic (exact) mass is 345 g/mol. The number of carbonyl (C=O) groups excluding carboxylic acids is 3. The van der Waals surface area contributed by atoms with Crippen LogP contribution in [-0.2, 0) is 14.4 Å². The molecule has 1 fully saturated rings. The topological polar surface area (TPSA) is 78.5 Å². The number of anilines is 1. The molecule has 1 saturated heterocycles. The maximum absolute atomic E-state index is 12.5. The maximum atomic E-state index is 12.5. The molecule has 1 aromatic rings. The van der Waals surface area contributed by atoms with Crippen molar-refractivity contribution in [2.75, 3.05) is 5.32 Å². The Morgan fingerprint density at radius 3 is 2.75 bits per heavy atom. The van der Waals surface area contributed by atoms with Crippen LogP contribution in [0.1, 0.15) is 18.4 Å². The summed E-state index contributed by atoms with van der Waals surface area (Å²) >= 11 is 6.06. The van der Waals surface area contributed by atoms with Crippen LogP contribution in [0.4, 0.5) is 5.69 Å². The van der Waals surface area contributed by atoms with Crippen LogP contribution in [0.3, 0.4) is 0 Å². The van der Waals surface area contributed by atoms with Gasteiger partial charge >= 0.3 is 0 Å². The van der Waals surface area contributed by atoms with E-state index < -0.39 is 17.9 Å². The molecule has 2 heterocycles. The van der Waals surface area contributed by atoms with Gasteiger partial charge in [-0.15, -0.1) is 0 Å². The number of amides is 3. The summed E-state index contributed by atoms with van der Waals surface area (Å²) in [4.78, 5) is 37.8. The highest BCUT2D eigenvalue weighted by Crippen LogP contribution is 2.26. The molecule has 3 amide bonds. The second kappa shape index (κ2) is 6.13. The summed E-state index contributed by atoms with van der Waals surface area (Å²) < 4.78 is 0. The van der Waals surface area contributed by atoms with E-state index in [4.69, 9.17) is 11.6 Å². The fourth-order valence-electron chi connectivity index (χ4n) is 2.70. The van der Waals surface area contributed by atoms with Crippen LogP contribution in [0.15, 0.2) is 42.2 Å². The number of piperidine rings is 1. The first-order chi connectivity index (χ1) is 11.4. The molecule has 3 rings (SSSR count). The van der Waals surface area contributed by atoms with Crippen molar-refractivity contribution in [2.24, 2.45) is 0 Å². The molecule has 1 atom stereocenters. The molecule has 7 heteroatoms. The molecule has 124 valence electrons. The van der Waals surface area contributed by atoms with Crippen molar-refractivity contribution in [3.05, 3.63) is 52.8 Å². The maximum Gasteiger partial charge on any atom is 0.278 e.